The predicted octanol–water partition coefficient (Wildman–Crippen LogP) is 7.36. The zero-order valence-corrected chi connectivity index (χ0v) is 20.0. The Morgan fingerprint density at radius 2 is 1.30 bits per heavy atom. The minimum absolute atomic E-state index is 0.713. The van der Waals surface area contributed by atoms with E-state index in [1.807, 2.05) is 61.1 Å². The van der Waals surface area contributed by atoms with Gasteiger partial charge >= 0.3 is 0 Å². The second-order valence-corrected chi connectivity index (χ2v) is 8.79. The zero-order valence-electron chi connectivity index (χ0n) is 20.0. The highest BCUT2D eigenvalue weighted by Crippen LogP contribution is 2.46. The third-order valence-electron chi connectivity index (χ3n) is 6.65. The van der Waals surface area contributed by atoms with Crippen LogP contribution in [0.4, 0.5) is 17.1 Å². The maximum Gasteiger partial charge on any atom is 0.154 e. The number of hydrogen-bond acceptors (Lipinski definition) is 6. The highest BCUT2D eigenvalue weighted by atomic mass is 16.5. The molecule has 37 heavy (non-hydrogen) atoms. The van der Waals surface area contributed by atoms with Gasteiger partial charge in [-0.3, -0.25) is 19.9 Å². The molecule has 4 heterocycles. The molecule has 7 aromatic rings. The molecule has 0 amide bonds. The van der Waals surface area contributed by atoms with Crippen molar-refractivity contribution in [2.45, 2.75) is 0 Å². The summed E-state index contributed by atoms with van der Waals surface area (Å²) in [4.78, 5) is 21.2. The Balaban J connectivity index is 1.58. The molecule has 0 fully saturated rings. The van der Waals surface area contributed by atoms with Gasteiger partial charge in [0.1, 0.15) is 5.52 Å². The van der Waals surface area contributed by atoms with Crippen LogP contribution in [0.3, 0.4) is 0 Å². The number of rotatable bonds is 4. The van der Waals surface area contributed by atoms with Crippen molar-refractivity contribution in [1.82, 2.24) is 19.9 Å². The smallest absolute Gasteiger partial charge is 0.154 e. The van der Waals surface area contributed by atoms with Crippen LogP contribution in [0.2, 0.25) is 0 Å². The van der Waals surface area contributed by atoms with E-state index in [0.717, 1.165) is 60.7 Å². The molecule has 0 unspecified atom stereocenters. The number of aromatic nitrogens is 4. The lowest BCUT2D eigenvalue weighted by molar-refractivity contribution is 0.423. The number of methoxy groups -OCH3 is 1. The van der Waals surface area contributed by atoms with Crippen LogP contribution in [0.1, 0.15) is 0 Å². The van der Waals surface area contributed by atoms with Crippen LogP contribution in [-0.2, 0) is 0 Å². The van der Waals surface area contributed by atoms with Crippen LogP contribution in [0, 0.1) is 0 Å². The lowest BCUT2D eigenvalue weighted by Crippen LogP contribution is -2.12. The molecule has 6 nitrogen and oxygen atoms in total. The summed E-state index contributed by atoms with van der Waals surface area (Å²) in [6.07, 6.45) is 7.33. The van der Waals surface area contributed by atoms with Crippen molar-refractivity contribution in [3.63, 3.8) is 0 Å². The maximum absolute atomic E-state index is 5.85. The van der Waals surface area contributed by atoms with Crippen LogP contribution in [0.5, 0.6) is 5.75 Å². The molecule has 0 aliphatic heterocycles. The second-order valence-electron chi connectivity index (χ2n) is 8.79. The van der Waals surface area contributed by atoms with Crippen molar-refractivity contribution in [3.05, 3.63) is 110 Å². The zero-order chi connectivity index (χ0) is 24.8. The fourth-order valence-corrected chi connectivity index (χ4v) is 5.03. The first-order valence-electron chi connectivity index (χ1n) is 12.0. The lowest BCUT2D eigenvalue weighted by Gasteiger charge is -2.28. The van der Waals surface area contributed by atoms with Crippen LogP contribution in [0.15, 0.2) is 110 Å². The molecule has 0 bridgehead atoms. The van der Waals surface area contributed by atoms with Gasteiger partial charge in [0, 0.05) is 45.8 Å². The Bertz CT molecular complexity index is 1880. The summed E-state index contributed by atoms with van der Waals surface area (Å²) in [5.74, 6) is 0.713. The van der Waals surface area contributed by atoms with E-state index < -0.39 is 0 Å². The van der Waals surface area contributed by atoms with Gasteiger partial charge < -0.3 is 9.64 Å². The second kappa shape index (κ2) is 8.53. The number of para-hydroxylation sites is 1. The first kappa shape index (κ1) is 21.2. The van der Waals surface area contributed by atoms with Crippen molar-refractivity contribution < 1.29 is 4.74 Å². The quantitative estimate of drug-likeness (QED) is 0.246. The van der Waals surface area contributed by atoms with Crippen molar-refractivity contribution >= 4 is 60.7 Å². The summed E-state index contributed by atoms with van der Waals surface area (Å²) in [6, 6.07) is 28.6. The molecular formula is C31H21N5O. The number of anilines is 3. The SMILES string of the molecule is COc1c2cccnc2c(N(c2ccccc2)c2cnc3cc4cccnc4cc3c2)c2cccnc12. The first-order valence-corrected chi connectivity index (χ1v) is 12.0. The van der Waals surface area contributed by atoms with Crippen molar-refractivity contribution in [3.8, 4) is 5.75 Å². The summed E-state index contributed by atoms with van der Waals surface area (Å²) >= 11 is 0. The molecule has 3 aromatic carbocycles. The van der Waals surface area contributed by atoms with Crippen LogP contribution in [-0.4, -0.2) is 27.0 Å². The number of pyridine rings is 4. The molecule has 6 heteroatoms. The third kappa shape index (κ3) is 3.42. The van der Waals surface area contributed by atoms with E-state index in [1.165, 1.54) is 0 Å². The highest BCUT2D eigenvalue weighted by Gasteiger charge is 2.23. The van der Waals surface area contributed by atoms with Gasteiger partial charge in [-0.05, 0) is 60.7 Å². The first-order chi connectivity index (χ1) is 18.3. The third-order valence-corrected chi connectivity index (χ3v) is 6.65. The fourth-order valence-electron chi connectivity index (χ4n) is 5.03. The van der Waals surface area contributed by atoms with E-state index >= 15 is 0 Å². The molecule has 4 aromatic heterocycles. The average Bonchev–Trinajstić information content (AvgIpc) is 2.96. The van der Waals surface area contributed by atoms with E-state index in [1.54, 1.807) is 13.3 Å². The van der Waals surface area contributed by atoms with Crippen LogP contribution in [0.25, 0.3) is 43.6 Å². The Morgan fingerprint density at radius 3 is 2.14 bits per heavy atom. The number of ether oxygens (including phenoxy) is 1. The van der Waals surface area contributed by atoms with Gasteiger partial charge in [0.05, 0.1) is 41.2 Å². The van der Waals surface area contributed by atoms with E-state index in [-0.39, 0.29) is 0 Å². The van der Waals surface area contributed by atoms with Gasteiger partial charge in [-0.25, -0.2) is 0 Å². The summed E-state index contributed by atoms with van der Waals surface area (Å²) < 4.78 is 5.85. The largest absolute Gasteiger partial charge is 0.494 e. The average molecular weight is 480 g/mol. The van der Waals surface area contributed by atoms with Crippen molar-refractivity contribution in [2.75, 3.05) is 12.0 Å². The Morgan fingerprint density at radius 1 is 0.595 bits per heavy atom. The molecule has 0 radical (unpaired) electrons. The van der Waals surface area contributed by atoms with Crippen LogP contribution >= 0.6 is 0 Å². The normalized spacial score (nSPS) is 11.4. The minimum Gasteiger partial charge on any atom is -0.494 e. The summed E-state index contributed by atoms with van der Waals surface area (Å²) in [6.45, 7) is 0. The minimum atomic E-state index is 0.713. The van der Waals surface area contributed by atoms with Gasteiger partial charge in [-0.15, -0.1) is 0 Å². The lowest BCUT2D eigenvalue weighted by atomic mass is 10.0. The number of fused-ring (bicyclic) bond motifs is 4. The number of nitrogens with zero attached hydrogens (tertiary/aromatic N) is 5. The molecule has 0 atom stereocenters. The van der Waals surface area contributed by atoms with E-state index in [9.17, 15) is 0 Å². The molecule has 0 saturated carbocycles. The van der Waals surface area contributed by atoms with Crippen LogP contribution < -0.4 is 9.64 Å². The Labute approximate surface area is 212 Å². The van der Waals surface area contributed by atoms with E-state index in [0.29, 0.717) is 5.75 Å². The standard InChI is InChI=1S/C31H21N5O/c1-37-31-25-12-7-14-33-28(25)30(24-11-6-15-34-29(24)31)36(22-9-3-2-4-10-22)23-16-21-18-26-20(8-5-13-32-26)17-27(21)35-19-23/h2-19H,1H3. The van der Waals surface area contributed by atoms with Crippen molar-refractivity contribution in [1.29, 1.82) is 0 Å². The topological polar surface area (TPSA) is 64.0 Å². The molecule has 0 spiro atoms. The van der Waals surface area contributed by atoms with Gasteiger partial charge in [0.15, 0.2) is 5.75 Å². The van der Waals surface area contributed by atoms with Gasteiger partial charge in [-0.1, -0.05) is 24.3 Å². The molecule has 7 rings (SSSR count). The molecule has 0 saturated heterocycles. The fraction of sp³-hybridized carbons (Fsp3) is 0.0323. The molecule has 176 valence electrons. The monoisotopic (exact) mass is 479 g/mol. The Hall–Kier alpha value is -5.10. The number of benzene rings is 3. The molecule has 0 aliphatic carbocycles. The van der Waals surface area contributed by atoms with Crippen molar-refractivity contribution in [2.24, 2.45) is 0 Å². The van der Waals surface area contributed by atoms with E-state index in [4.69, 9.17) is 19.7 Å². The van der Waals surface area contributed by atoms with Gasteiger partial charge in [0.25, 0.3) is 0 Å². The van der Waals surface area contributed by atoms with E-state index in [2.05, 4.69) is 52.3 Å². The van der Waals surface area contributed by atoms with Gasteiger partial charge in [0.2, 0.25) is 0 Å². The Kier molecular flexibility index (Phi) is 4.89. The summed E-state index contributed by atoms with van der Waals surface area (Å²) in [5, 5.41) is 3.92. The summed E-state index contributed by atoms with van der Waals surface area (Å²) in [5.41, 5.74) is 6.29. The maximum atomic E-state index is 5.85. The summed E-state index contributed by atoms with van der Waals surface area (Å²) in [7, 11) is 1.68. The molecule has 0 N–H and O–H groups in total. The predicted molar refractivity (Wildman–Crippen MR) is 149 cm³/mol. The number of hydrogen-bond donors (Lipinski definition) is 0. The highest BCUT2D eigenvalue weighted by molar-refractivity contribution is 6.15. The van der Waals surface area contributed by atoms with Gasteiger partial charge in [-0.2, -0.15) is 0 Å². The molecular weight excluding hydrogens is 458 g/mol. The molecule has 0 aliphatic rings.